The van der Waals surface area contributed by atoms with Gasteiger partial charge in [0, 0.05) is 23.2 Å². The summed E-state index contributed by atoms with van der Waals surface area (Å²) in [6.07, 6.45) is 4.26. The highest BCUT2D eigenvalue weighted by molar-refractivity contribution is 7.99. The molecule has 0 atom stereocenters. The van der Waals surface area contributed by atoms with Crippen molar-refractivity contribution in [2.45, 2.75) is 48.7 Å². The summed E-state index contributed by atoms with van der Waals surface area (Å²) in [6.45, 7) is 2.68. The van der Waals surface area contributed by atoms with Crippen LogP contribution in [-0.4, -0.2) is 33.5 Å². The van der Waals surface area contributed by atoms with E-state index in [-0.39, 0.29) is 23.3 Å². The minimum absolute atomic E-state index is 0.00917. The molecule has 0 saturated heterocycles. The molecule has 2 aromatic carbocycles. The van der Waals surface area contributed by atoms with Crippen molar-refractivity contribution in [2.24, 2.45) is 0 Å². The Balaban J connectivity index is 1.37. The van der Waals surface area contributed by atoms with Gasteiger partial charge in [-0.05, 0) is 44.0 Å². The smallest absolute Gasteiger partial charge is 0.262 e. The van der Waals surface area contributed by atoms with Gasteiger partial charge in [0.15, 0.2) is 5.16 Å². The molecule has 0 unspecified atom stereocenters. The Morgan fingerprint density at radius 3 is 2.61 bits per heavy atom. The van der Waals surface area contributed by atoms with Crippen molar-refractivity contribution in [3.8, 4) is 0 Å². The van der Waals surface area contributed by atoms with Crippen LogP contribution in [0, 0.1) is 6.92 Å². The number of thioether (sulfide) groups is 2. The molecule has 4 rings (SSSR count). The number of carbonyl (C=O) groups is 1. The van der Waals surface area contributed by atoms with Crippen LogP contribution in [0.5, 0.6) is 0 Å². The highest BCUT2D eigenvalue weighted by Crippen LogP contribution is 2.32. The Morgan fingerprint density at radius 1 is 1.10 bits per heavy atom. The lowest BCUT2D eigenvalue weighted by Gasteiger charge is -2.18. The number of hydrogen-bond donors (Lipinski definition) is 1. The Morgan fingerprint density at radius 2 is 1.84 bits per heavy atom. The number of carbonyl (C=O) groups excluding carboxylic acids is 1. The molecule has 1 aliphatic carbocycles. The monoisotopic (exact) mass is 453 g/mol. The second-order valence-corrected chi connectivity index (χ2v) is 9.94. The Bertz CT molecular complexity index is 1110. The summed E-state index contributed by atoms with van der Waals surface area (Å²) in [5, 5.41) is 4.28. The molecule has 0 spiro atoms. The van der Waals surface area contributed by atoms with Crippen molar-refractivity contribution >= 4 is 40.3 Å². The lowest BCUT2D eigenvalue weighted by atomic mass is 10.2. The van der Waals surface area contributed by atoms with Gasteiger partial charge in [-0.2, -0.15) is 0 Å². The Hall–Kier alpha value is -2.25. The molecule has 0 bridgehead atoms. The fourth-order valence-corrected chi connectivity index (χ4v) is 5.55. The van der Waals surface area contributed by atoms with Gasteiger partial charge in [-0.1, -0.05) is 54.4 Å². The Kier molecular flexibility index (Phi) is 7.35. The number of nitrogens with zero attached hydrogens (tertiary/aromatic N) is 2. The average Bonchev–Trinajstić information content (AvgIpc) is 3.31. The van der Waals surface area contributed by atoms with E-state index >= 15 is 0 Å². The normalized spacial score (nSPS) is 14.2. The van der Waals surface area contributed by atoms with Crippen LogP contribution in [0.2, 0.25) is 0 Å². The Labute approximate surface area is 191 Å². The number of aromatic nitrogens is 2. The van der Waals surface area contributed by atoms with Gasteiger partial charge in [-0.25, -0.2) is 4.98 Å². The predicted molar refractivity (Wildman–Crippen MR) is 129 cm³/mol. The first-order valence-electron chi connectivity index (χ1n) is 10.7. The highest BCUT2D eigenvalue weighted by atomic mass is 32.2. The van der Waals surface area contributed by atoms with Crippen molar-refractivity contribution in [1.29, 1.82) is 0 Å². The molecule has 3 aromatic rings. The molecule has 7 heteroatoms. The average molecular weight is 454 g/mol. The summed E-state index contributed by atoms with van der Waals surface area (Å²) in [5.41, 5.74) is 1.95. The summed E-state index contributed by atoms with van der Waals surface area (Å²) < 4.78 is 1.83. The van der Waals surface area contributed by atoms with Gasteiger partial charge in [-0.3, -0.25) is 14.2 Å². The number of rotatable bonds is 8. The molecule has 0 aliphatic heterocycles. The van der Waals surface area contributed by atoms with E-state index in [1.165, 1.54) is 22.2 Å². The van der Waals surface area contributed by atoms with E-state index in [4.69, 9.17) is 4.98 Å². The molecule has 5 nitrogen and oxygen atoms in total. The van der Waals surface area contributed by atoms with Crippen LogP contribution >= 0.6 is 23.5 Å². The minimum atomic E-state index is -0.0325. The standard InChI is InChI=1S/C24H27N3O2S2/c1-17-10-12-19(13-11-17)30-15-14-25-22(28)16-31-24-26-21-9-5-4-8-20(21)23(29)27(24)18-6-2-3-7-18/h4-5,8-13,18H,2-3,6-7,14-16H2,1H3,(H,25,28). The molecule has 0 radical (unpaired) electrons. The van der Waals surface area contributed by atoms with Crippen LogP contribution in [-0.2, 0) is 4.79 Å². The van der Waals surface area contributed by atoms with Gasteiger partial charge in [0.2, 0.25) is 5.91 Å². The zero-order valence-corrected chi connectivity index (χ0v) is 19.3. The third kappa shape index (κ3) is 5.52. The summed E-state index contributed by atoms with van der Waals surface area (Å²) in [7, 11) is 0. The summed E-state index contributed by atoms with van der Waals surface area (Å²) >= 11 is 3.09. The zero-order valence-electron chi connectivity index (χ0n) is 17.7. The SMILES string of the molecule is Cc1ccc(SCCNC(=O)CSc2nc3ccccc3c(=O)n2C2CCCC2)cc1. The van der Waals surface area contributed by atoms with E-state index in [9.17, 15) is 9.59 Å². The van der Waals surface area contributed by atoms with Gasteiger partial charge < -0.3 is 5.32 Å². The third-order valence-corrected chi connectivity index (χ3v) is 7.48. The molecule has 1 aromatic heterocycles. The van der Waals surface area contributed by atoms with E-state index in [2.05, 4.69) is 36.5 Å². The van der Waals surface area contributed by atoms with Crippen LogP contribution in [0.4, 0.5) is 0 Å². The maximum absolute atomic E-state index is 13.2. The summed E-state index contributed by atoms with van der Waals surface area (Å²) in [5.74, 6) is 1.04. The molecule has 162 valence electrons. The van der Waals surface area contributed by atoms with Crippen molar-refractivity contribution in [3.63, 3.8) is 0 Å². The fraction of sp³-hybridized carbons (Fsp3) is 0.375. The molecule has 1 heterocycles. The van der Waals surface area contributed by atoms with Crippen molar-refractivity contribution in [1.82, 2.24) is 14.9 Å². The maximum atomic E-state index is 13.2. The quantitative estimate of drug-likeness (QED) is 0.301. The first-order chi connectivity index (χ1) is 15.1. The van der Waals surface area contributed by atoms with E-state index in [0.717, 1.165) is 31.4 Å². The van der Waals surface area contributed by atoms with E-state index in [1.54, 1.807) is 11.8 Å². The van der Waals surface area contributed by atoms with Crippen molar-refractivity contribution in [3.05, 3.63) is 64.4 Å². The fourth-order valence-electron chi connectivity index (χ4n) is 3.89. The topological polar surface area (TPSA) is 64.0 Å². The van der Waals surface area contributed by atoms with Crippen LogP contribution < -0.4 is 10.9 Å². The molecular formula is C24H27N3O2S2. The summed E-state index contributed by atoms with van der Waals surface area (Å²) in [6, 6.07) is 16.0. The maximum Gasteiger partial charge on any atom is 0.262 e. The number of para-hydroxylation sites is 1. The highest BCUT2D eigenvalue weighted by Gasteiger charge is 2.23. The van der Waals surface area contributed by atoms with Gasteiger partial charge >= 0.3 is 0 Å². The first-order valence-corrected chi connectivity index (χ1v) is 12.7. The largest absolute Gasteiger partial charge is 0.355 e. The minimum Gasteiger partial charge on any atom is -0.355 e. The predicted octanol–water partition coefficient (Wildman–Crippen LogP) is 4.82. The summed E-state index contributed by atoms with van der Waals surface area (Å²) in [4.78, 5) is 31.5. The number of nitrogens with one attached hydrogen (secondary N) is 1. The first kappa shape index (κ1) is 22.0. The molecule has 1 saturated carbocycles. The van der Waals surface area contributed by atoms with Gasteiger partial charge in [-0.15, -0.1) is 11.8 Å². The molecule has 1 aliphatic rings. The van der Waals surface area contributed by atoms with E-state index in [0.29, 0.717) is 22.6 Å². The van der Waals surface area contributed by atoms with Crippen LogP contribution in [0.3, 0.4) is 0 Å². The molecule has 1 fully saturated rings. The number of benzene rings is 2. The third-order valence-electron chi connectivity index (χ3n) is 5.51. The number of amides is 1. The zero-order chi connectivity index (χ0) is 21.6. The van der Waals surface area contributed by atoms with Gasteiger partial charge in [0.05, 0.1) is 16.7 Å². The van der Waals surface area contributed by atoms with E-state index < -0.39 is 0 Å². The van der Waals surface area contributed by atoms with Crippen molar-refractivity contribution < 1.29 is 4.79 Å². The van der Waals surface area contributed by atoms with Crippen LogP contribution in [0.1, 0.15) is 37.3 Å². The second kappa shape index (κ2) is 10.4. The van der Waals surface area contributed by atoms with Gasteiger partial charge in [0.25, 0.3) is 5.56 Å². The van der Waals surface area contributed by atoms with Crippen LogP contribution in [0.25, 0.3) is 10.9 Å². The number of hydrogen-bond acceptors (Lipinski definition) is 5. The van der Waals surface area contributed by atoms with Gasteiger partial charge in [0.1, 0.15) is 0 Å². The molecular weight excluding hydrogens is 426 g/mol. The molecule has 1 amide bonds. The van der Waals surface area contributed by atoms with Crippen molar-refractivity contribution in [2.75, 3.05) is 18.1 Å². The molecule has 1 N–H and O–H groups in total. The number of aryl methyl sites for hydroxylation is 1. The van der Waals surface area contributed by atoms with E-state index in [1.807, 2.05) is 28.8 Å². The lowest BCUT2D eigenvalue weighted by molar-refractivity contribution is -0.118. The number of fused-ring (bicyclic) bond motifs is 1. The van der Waals surface area contributed by atoms with Crippen LogP contribution in [0.15, 0.2) is 63.4 Å². The lowest BCUT2D eigenvalue weighted by Crippen LogP contribution is -2.29. The second-order valence-electron chi connectivity index (χ2n) is 7.83. The molecule has 31 heavy (non-hydrogen) atoms.